The normalized spacial score (nSPS) is 11.4. The van der Waals surface area contributed by atoms with Crippen molar-refractivity contribution in [3.8, 4) is 17.2 Å². The number of rotatable bonds is 9. The molecule has 7 heteroatoms. The van der Waals surface area contributed by atoms with Gasteiger partial charge in [0.2, 0.25) is 11.7 Å². The fraction of sp³-hybridized carbons (Fsp3) is 0.333. The lowest BCUT2D eigenvalue weighted by Gasteiger charge is -2.21. The van der Waals surface area contributed by atoms with Crippen LogP contribution in [0.2, 0.25) is 0 Å². The number of carboxylic acids is 1. The molecular weight excluding hydrogens is 362 g/mol. The molecule has 1 atom stereocenters. The summed E-state index contributed by atoms with van der Waals surface area (Å²) in [6.07, 6.45) is -0.361. The molecule has 0 fully saturated rings. The van der Waals surface area contributed by atoms with E-state index in [1.54, 1.807) is 24.3 Å². The Morgan fingerprint density at radius 3 is 2.00 bits per heavy atom. The molecule has 0 radical (unpaired) electrons. The van der Waals surface area contributed by atoms with Crippen LogP contribution in [0.15, 0.2) is 36.4 Å². The second-order valence-electron chi connectivity index (χ2n) is 6.35. The summed E-state index contributed by atoms with van der Waals surface area (Å²) in [5.74, 6) is -1.00. The van der Waals surface area contributed by atoms with E-state index in [-0.39, 0.29) is 18.7 Å². The Bertz CT molecular complexity index is 806. The number of hydrogen-bond donors (Lipinski definition) is 1. The SMILES string of the molecule is COc1cc([C@H](CC(=O)[O-])CC(=O)Nc2ccc(C)cc2)cc(OC)c1OC. The highest BCUT2D eigenvalue weighted by Crippen LogP contribution is 2.41. The number of anilines is 1. The molecule has 0 aliphatic carbocycles. The molecule has 7 nitrogen and oxygen atoms in total. The Hall–Kier alpha value is -3.22. The van der Waals surface area contributed by atoms with Crippen molar-refractivity contribution in [2.45, 2.75) is 25.7 Å². The minimum atomic E-state index is -1.25. The smallest absolute Gasteiger partial charge is 0.224 e. The first-order valence-electron chi connectivity index (χ1n) is 8.74. The molecule has 28 heavy (non-hydrogen) atoms. The Morgan fingerprint density at radius 1 is 0.964 bits per heavy atom. The first-order valence-corrected chi connectivity index (χ1v) is 8.74. The van der Waals surface area contributed by atoms with Crippen molar-refractivity contribution in [3.05, 3.63) is 47.5 Å². The third-order valence-electron chi connectivity index (χ3n) is 4.34. The number of aliphatic carboxylic acids is 1. The van der Waals surface area contributed by atoms with Crippen LogP contribution >= 0.6 is 0 Å². The van der Waals surface area contributed by atoms with E-state index in [4.69, 9.17) is 14.2 Å². The zero-order chi connectivity index (χ0) is 20.7. The minimum absolute atomic E-state index is 0.0412. The summed E-state index contributed by atoms with van der Waals surface area (Å²) in [5.41, 5.74) is 2.30. The summed E-state index contributed by atoms with van der Waals surface area (Å²) >= 11 is 0. The lowest BCUT2D eigenvalue weighted by atomic mass is 9.91. The predicted octanol–water partition coefficient (Wildman–Crippen LogP) is 2.27. The van der Waals surface area contributed by atoms with E-state index in [9.17, 15) is 14.7 Å². The van der Waals surface area contributed by atoms with Gasteiger partial charge in [-0.3, -0.25) is 4.79 Å². The van der Waals surface area contributed by atoms with Crippen molar-refractivity contribution in [3.63, 3.8) is 0 Å². The maximum absolute atomic E-state index is 12.5. The monoisotopic (exact) mass is 386 g/mol. The Balaban J connectivity index is 2.28. The number of carbonyl (C=O) groups is 2. The molecule has 150 valence electrons. The fourth-order valence-electron chi connectivity index (χ4n) is 2.92. The molecule has 0 heterocycles. The predicted molar refractivity (Wildman–Crippen MR) is 103 cm³/mol. The molecule has 0 saturated heterocycles. The quantitative estimate of drug-likeness (QED) is 0.710. The number of carboxylic acid groups (broad SMARTS) is 1. The number of aryl methyl sites for hydroxylation is 1. The van der Waals surface area contributed by atoms with Gasteiger partial charge in [0.25, 0.3) is 0 Å². The molecular formula is C21H24NO6-. The lowest BCUT2D eigenvalue weighted by molar-refractivity contribution is -0.306. The van der Waals surface area contributed by atoms with Crippen LogP contribution in [0.25, 0.3) is 0 Å². The minimum Gasteiger partial charge on any atom is -0.550 e. The standard InChI is InChI=1S/C21H25NO6/c1-13-5-7-16(8-6-13)22-19(23)11-15(12-20(24)25)14-9-17(26-2)21(28-4)18(10-14)27-3/h5-10,15H,11-12H2,1-4H3,(H,22,23)(H,24,25)/p-1/t15-/m0/s1. The van der Waals surface area contributed by atoms with Gasteiger partial charge >= 0.3 is 0 Å². The Labute approximate surface area is 164 Å². The number of amides is 1. The van der Waals surface area contributed by atoms with Gasteiger partial charge in [-0.15, -0.1) is 0 Å². The molecule has 1 amide bonds. The van der Waals surface area contributed by atoms with Gasteiger partial charge in [0.15, 0.2) is 11.5 Å². The zero-order valence-electron chi connectivity index (χ0n) is 16.4. The number of methoxy groups -OCH3 is 3. The van der Waals surface area contributed by atoms with E-state index in [0.717, 1.165) is 5.56 Å². The number of benzene rings is 2. The summed E-state index contributed by atoms with van der Waals surface area (Å²) in [6, 6.07) is 10.6. The van der Waals surface area contributed by atoms with Crippen molar-refractivity contribution in [2.75, 3.05) is 26.6 Å². The van der Waals surface area contributed by atoms with Crippen LogP contribution in [-0.4, -0.2) is 33.2 Å². The van der Waals surface area contributed by atoms with Crippen molar-refractivity contribution in [1.29, 1.82) is 0 Å². The average Bonchev–Trinajstić information content (AvgIpc) is 2.67. The largest absolute Gasteiger partial charge is 0.550 e. The third kappa shape index (κ3) is 5.39. The van der Waals surface area contributed by atoms with Gasteiger partial charge in [-0.25, -0.2) is 0 Å². The summed E-state index contributed by atoms with van der Waals surface area (Å²) in [6.45, 7) is 1.95. The number of nitrogens with one attached hydrogen (secondary N) is 1. The van der Waals surface area contributed by atoms with Gasteiger partial charge in [0.1, 0.15) is 0 Å². The maximum Gasteiger partial charge on any atom is 0.224 e. The topological polar surface area (TPSA) is 96.9 Å². The van der Waals surface area contributed by atoms with E-state index in [1.165, 1.54) is 21.3 Å². The molecule has 0 bridgehead atoms. The molecule has 0 aromatic heterocycles. The van der Waals surface area contributed by atoms with E-state index < -0.39 is 11.9 Å². The van der Waals surface area contributed by atoms with E-state index in [0.29, 0.717) is 28.5 Å². The van der Waals surface area contributed by atoms with Gasteiger partial charge in [0, 0.05) is 18.1 Å². The van der Waals surface area contributed by atoms with Gasteiger partial charge in [-0.05, 0) is 49.1 Å². The number of ether oxygens (including phenoxy) is 3. The molecule has 2 rings (SSSR count). The van der Waals surface area contributed by atoms with Crippen LogP contribution in [0, 0.1) is 6.92 Å². The second kappa shape index (κ2) is 9.64. The van der Waals surface area contributed by atoms with Crippen LogP contribution in [0.3, 0.4) is 0 Å². The van der Waals surface area contributed by atoms with Crippen molar-refractivity contribution in [2.24, 2.45) is 0 Å². The van der Waals surface area contributed by atoms with Crippen LogP contribution in [0.4, 0.5) is 5.69 Å². The highest BCUT2D eigenvalue weighted by atomic mass is 16.5. The van der Waals surface area contributed by atoms with E-state index in [1.807, 2.05) is 19.1 Å². The molecule has 0 aliphatic rings. The average molecular weight is 386 g/mol. The van der Waals surface area contributed by atoms with Crippen LogP contribution < -0.4 is 24.6 Å². The zero-order valence-corrected chi connectivity index (χ0v) is 16.4. The summed E-state index contributed by atoms with van der Waals surface area (Å²) in [7, 11) is 4.42. The third-order valence-corrected chi connectivity index (χ3v) is 4.34. The number of carbonyl (C=O) groups excluding carboxylic acids is 2. The molecule has 0 spiro atoms. The lowest BCUT2D eigenvalue weighted by Crippen LogP contribution is -2.26. The Kier molecular flexibility index (Phi) is 7.26. The van der Waals surface area contributed by atoms with E-state index in [2.05, 4.69) is 5.32 Å². The van der Waals surface area contributed by atoms with Crippen LogP contribution in [-0.2, 0) is 9.59 Å². The second-order valence-corrected chi connectivity index (χ2v) is 6.35. The van der Waals surface area contributed by atoms with Crippen LogP contribution in [0.5, 0.6) is 17.2 Å². The maximum atomic E-state index is 12.5. The molecule has 1 N–H and O–H groups in total. The molecule has 2 aromatic rings. The first-order chi connectivity index (χ1) is 13.4. The van der Waals surface area contributed by atoms with Crippen molar-refractivity contribution >= 4 is 17.6 Å². The van der Waals surface area contributed by atoms with E-state index >= 15 is 0 Å². The molecule has 0 aliphatic heterocycles. The van der Waals surface area contributed by atoms with Crippen LogP contribution in [0.1, 0.15) is 29.9 Å². The highest BCUT2D eigenvalue weighted by Gasteiger charge is 2.21. The first kappa shape index (κ1) is 21.1. The van der Waals surface area contributed by atoms with Crippen molar-refractivity contribution < 1.29 is 28.9 Å². The highest BCUT2D eigenvalue weighted by molar-refractivity contribution is 5.91. The summed E-state index contributed by atoms with van der Waals surface area (Å²) < 4.78 is 15.9. The number of hydrogen-bond acceptors (Lipinski definition) is 6. The summed E-state index contributed by atoms with van der Waals surface area (Å²) in [5, 5.41) is 14.0. The molecule has 2 aromatic carbocycles. The fourth-order valence-corrected chi connectivity index (χ4v) is 2.92. The van der Waals surface area contributed by atoms with Gasteiger partial charge in [-0.1, -0.05) is 17.7 Å². The van der Waals surface area contributed by atoms with Crippen molar-refractivity contribution in [1.82, 2.24) is 0 Å². The Morgan fingerprint density at radius 2 is 1.54 bits per heavy atom. The van der Waals surface area contributed by atoms with Gasteiger partial charge < -0.3 is 29.4 Å². The summed E-state index contributed by atoms with van der Waals surface area (Å²) in [4.78, 5) is 23.7. The molecule has 0 unspecified atom stereocenters. The molecule has 0 saturated carbocycles. The van der Waals surface area contributed by atoms with Gasteiger partial charge in [-0.2, -0.15) is 0 Å². The van der Waals surface area contributed by atoms with Gasteiger partial charge in [0.05, 0.1) is 21.3 Å².